The maximum Gasteiger partial charge on any atom is 0.410 e. The lowest BCUT2D eigenvalue weighted by molar-refractivity contribution is 0.0205. The van der Waals surface area contributed by atoms with E-state index in [9.17, 15) is 13.6 Å². The number of hydrogen-bond acceptors (Lipinski definition) is 4. The first-order valence-corrected chi connectivity index (χ1v) is 12.3. The molecule has 0 spiro atoms. The third kappa shape index (κ3) is 6.86. The molecular weight excluding hydrogens is 460 g/mol. The predicted molar refractivity (Wildman–Crippen MR) is 142 cm³/mol. The van der Waals surface area contributed by atoms with Gasteiger partial charge in [0.05, 0.1) is 11.9 Å². The molecule has 0 radical (unpaired) electrons. The maximum absolute atomic E-state index is 14.7. The number of carbonyl (C=O) groups is 1. The summed E-state index contributed by atoms with van der Waals surface area (Å²) in [6, 6.07) is 14.0. The second-order valence-corrected chi connectivity index (χ2v) is 10.2. The zero-order valence-corrected chi connectivity index (χ0v) is 21.9. The van der Waals surface area contributed by atoms with Crippen LogP contribution in [0.3, 0.4) is 0 Å². The number of amides is 1. The minimum absolute atomic E-state index is 0.207. The summed E-state index contributed by atoms with van der Waals surface area (Å²) in [4.78, 5) is 16.1. The van der Waals surface area contributed by atoms with Crippen molar-refractivity contribution in [1.29, 1.82) is 0 Å². The zero-order chi connectivity index (χ0) is 26.5. The molecule has 1 fully saturated rings. The molecule has 2 unspecified atom stereocenters. The van der Waals surface area contributed by atoms with Crippen molar-refractivity contribution in [2.75, 3.05) is 24.7 Å². The average Bonchev–Trinajstić information content (AvgIpc) is 3.24. The number of carbonyl (C=O) groups excluding carboxylic acids is 1. The number of nitrogens with zero attached hydrogens (tertiary/aromatic N) is 2. The molecule has 1 saturated heterocycles. The number of allylic oxidation sites excluding steroid dienone is 1. The second kappa shape index (κ2) is 11.6. The number of hydrogen-bond donors (Lipinski definition) is 1. The monoisotopic (exact) mass is 497 g/mol. The molecule has 0 aliphatic carbocycles. The van der Waals surface area contributed by atoms with Crippen molar-refractivity contribution < 1.29 is 18.3 Å². The Balaban J connectivity index is 1.81. The number of para-hydroxylation sites is 1. The molecule has 0 bridgehead atoms. The highest BCUT2D eigenvalue weighted by molar-refractivity contribution is 5.72. The lowest BCUT2D eigenvalue weighted by Crippen LogP contribution is -2.42. The number of likely N-dealkylation sites (tertiary alicyclic amines) is 1. The summed E-state index contributed by atoms with van der Waals surface area (Å²) < 4.78 is 34.0. The van der Waals surface area contributed by atoms with Gasteiger partial charge in [-0.25, -0.2) is 13.6 Å². The van der Waals surface area contributed by atoms with Crippen LogP contribution in [0.4, 0.5) is 19.3 Å². The van der Waals surface area contributed by atoms with Crippen LogP contribution >= 0.6 is 0 Å². The molecule has 2 aromatic carbocycles. The molecule has 194 valence electrons. The van der Waals surface area contributed by atoms with Crippen LogP contribution in [-0.4, -0.2) is 48.4 Å². The molecule has 1 aliphatic rings. The van der Waals surface area contributed by atoms with Crippen LogP contribution in [0.15, 0.2) is 67.0 Å². The summed E-state index contributed by atoms with van der Waals surface area (Å²) in [5, 5.41) is 3.39. The predicted octanol–water partition coefficient (Wildman–Crippen LogP) is 6.45. The fourth-order valence-corrected chi connectivity index (χ4v) is 4.36. The summed E-state index contributed by atoms with van der Waals surface area (Å²) >= 11 is 0. The maximum atomic E-state index is 14.7. The number of rotatable bonds is 8. The van der Waals surface area contributed by atoms with E-state index >= 15 is 0 Å². The first-order chi connectivity index (χ1) is 17.0. The molecule has 2 atom stereocenters. The highest BCUT2D eigenvalue weighted by Crippen LogP contribution is 2.27. The molecule has 3 rings (SSSR count). The number of aryl methyl sites for hydroxylation is 1. The molecule has 1 aliphatic heterocycles. The highest BCUT2D eigenvalue weighted by Gasteiger charge is 2.38. The number of nitrogens with one attached hydrogen (secondary N) is 1. The largest absolute Gasteiger partial charge is 0.444 e. The van der Waals surface area contributed by atoms with E-state index in [1.54, 1.807) is 26.8 Å². The van der Waals surface area contributed by atoms with E-state index in [1.807, 2.05) is 61.2 Å². The van der Waals surface area contributed by atoms with Crippen LogP contribution in [-0.2, 0) is 4.74 Å². The molecule has 5 nitrogen and oxygen atoms in total. The van der Waals surface area contributed by atoms with Crippen molar-refractivity contribution in [2.45, 2.75) is 58.7 Å². The Labute approximate surface area is 213 Å². The Hall–Kier alpha value is -3.35. The van der Waals surface area contributed by atoms with Gasteiger partial charge >= 0.3 is 6.09 Å². The lowest BCUT2D eigenvalue weighted by Gasteiger charge is -2.31. The Morgan fingerprint density at radius 2 is 1.94 bits per heavy atom. The van der Waals surface area contributed by atoms with Crippen molar-refractivity contribution in [1.82, 2.24) is 10.2 Å². The number of ether oxygens (including phenoxy) is 1. The number of benzene rings is 2. The number of alkyl halides is 1. The van der Waals surface area contributed by atoms with Gasteiger partial charge in [0, 0.05) is 30.4 Å². The van der Waals surface area contributed by atoms with Crippen LogP contribution in [0.25, 0.3) is 5.57 Å². The third-order valence-electron chi connectivity index (χ3n) is 6.13. The Morgan fingerprint density at radius 3 is 2.56 bits per heavy atom. The van der Waals surface area contributed by atoms with Crippen molar-refractivity contribution in [3.05, 3.63) is 84.0 Å². The summed E-state index contributed by atoms with van der Waals surface area (Å²) in [5.74, 6) is 0.303. The smallest absolute Gasteiger partial charge is 0.410 e. The molecule has 36 heavy (non-hydrogen) atoms. The van der Waals surface area contributed by atoms with Gasteiger partial charge in [0.2, 0.25) is 0 Å². The lowest BCUT2D eigenvalue weighted by atomic mass is 10.0. The Kier molecular flexibility index (Phi) is 8.77. The highest BCUT2D eigenvalue weighted by atomic mass is 19.1. The van der Waals surface area contributed by atoms with E-state index in [1.165, 1.54) is 11.0 Å². The van der Waals surface area contributed by atoms with Crippen LogP contribution < -0.4 is 10.2 Å². The van der Waals surface area contributed by atoms with Gasteiger partial charge < -0.3 is 19.9 Å². The standard InChI is InChI=1S/C29H37F2N3O2/c1-7-22(26-15-20(2)13-14-27(26)31)18-33(24-11-9-8-10-12-24)21(3)32-23-16-25(17-30)34(19-23)28(35)36-29(4,5)6/h7-15,23,25,32H,3,16-19H2,1-2,4-6H3/b22-7+. The second-order valence-electron chi connectivity index (χ2n) is 10.2. The quantitative estimate of drug-likeness (QED) is 0.455. The minimum atomic E-state index is -0.662. The van der Waals surface area contributed by atoms with Gasteiger partial charge in [0.25, 0.3) is 0 Å². The molecule has 7 heteroatoms. The van der Waals surface area contributed by atoms with Crippen LogP contribution in [0, 0.1) is 12.7 Å². The SMILES string of the molecule is C=C(NC1CC(CF)N(C(=O)OC(C)(C)C)C1)N(C/C(=C\C)c1cc(C)ccc1F)c1ccccc1. The van der Waals surface area contributed by atoms with Crippen molar-refractivity contribution >= 4 is 17.4 Å². The minimum Gasteiger partial charge on any atom is -0.444 e. The van der Waals surface area contributed by atoms with Gasteiger partial charge in [-0.05, 0) is 70.9 Å². The van der Waals surface area contributed by atoms with E-state index in [2.05, 4.69) is 11.9 Å². The van der Waals surface area contributed by atoms with E-state index in [-0.39, 0.29) is 11.9 Å². The van der Waals surface area contributed by atoms with Crippen molar-refractivity contribution in [2.24, 2.45) is 0 Å². The molecule has 0 saturated carbocycles. The zero-order valence-electron chi connectivity index (χ0n) is 21.9. The average molecular weight is 498 g/mol. The first kappa shape index (κ1) is 27.2. The molecular formula is C29H37F2N3O2. The summed E-state index contributed by atoms with van der Waals surface area (Å²) in [5.41, 5.74) is 2.54. The van der Waals surface area contributed by atoms with Gasteiger partial charge in [-0.2, -0.15) is 0 Å². The van der Waals surface area contributed by atoms with E-state index in [0.29, 0.717) is 30.9 Å². The molecule has 2 aromatic rings. The number of halogens is 2. The van der Waals surface area contributed by atoms with Crippen molar-refractivity contribution in [3.63, 3.8) is 0 Å². The normalized spacial score (nSPS) is 18.2. The summed E-state index contributed by atoms with van der Waals surface area (Å²) in [6.45, 7) is 13.5. The van der Waals surface area contributed by atoms with Gasteiger partial charge in [0.1, 0.15) is 18.1 Å². The fraction of sp³-hybridized carbons (Fsp3) is 0.414. The van der Waals surface area contributed by atoms with E-state index in [4.69, 9.17) is 4.74 Å². The summed E-state index contributed by atoms with van der Waals surface area (Å²) in [6.07, 6.45) is 1.81. The van der Waals surface area contributed by atoms with Crippen LogP contribution in [0.5, 0.6) is 0 Å². The molecule has 1 heterocycles. The fourth-order valence-electron chi connectivity index (χ4n) is 4.36. The first-order valence-electron chi connectivity index (χ1n) is 12.3. The van der Waals surface area contributed by atoms with Crippen LogP contribution in [0.1, 0.15) is 45.2 Å². The van der Waals surface area contributed by atoms with Crippen molar-refractivity contribution in [3.8, 4) is 0 Å². The summed E-state index contributed by atoms with van der Waals surface area (Å²) in [7, 11) is 0. The Bertz CT molecular complexity index is 1100. The third-order valence-corrected chi connectivity index (χ3v) is 6.13. The van der Waals surface area contributed by atoms with Gasteiger partial charge in [0.15, 0.2) is 0 Å². The van der Waals surface area contributed by atoms with E-state index < -0.39 is 24.4 Å². The molecule has 1 N–H and O–H groups in total. The van der Waals surface area contributed by atoms with Gasteiger partial charge in [-0.1, -0.05) is 42.5 Å². The molecule has 0 aromatic heterocycles. The number of anilines is 1. The molecule has 1 amide bonds. The van der Waals surface area contributed by atoms with Crippen LogP contribution in [0.2, 0.25) is 0 Å². The Morgan fingerprint density at radius 1 is 1.25 bits per heavy atom. The van der Waals surface area contributed by atoms with Gasteiger partial charge in [-0.3, -0.25) is 0 Å². The topological polar surface area (TPSA) is 44.8 Å². The van der Waals surface area contributed by atoms with Gasteiger partial charge in [-0.15, -0.1) is 0 Å². The van der Waals surface area contributed by atoms with E-state index in [0.717, 1.165) is 16.8 Å².